The highest BCUT2D eigenvalue weighted by atomic mass is 16.5. The number of rotatable bonds is 8. The molecule has 3 aliphatic heterocycles. The first-order chi connectivity index (χ1) is 23.3. The van der Waals surface area contributed by atoms with Crippen molar-refractivity contribution in [2.45, 2.75) is 57.5 Å². The van der Waals surface area contributed by atoms with Crippen LogP contribution in [0.2, 0.25) is 0 Å². The van der Waals surface area contributed by atoms with E-state index in [0.29, 0.717) is 100 Å². The van der Waals surface area contributed by atoms with E-state index in [1.54, 1.807) is 12.0 Å². The molecule has 2 N–H and O–H groups in total. The van der Waals surface area contributed by atoms with Gasteiger partial charge in [-0.05, 0) is 30.9 Å². The van der Waals surface area contributed by atoms with E-state index >= 15 is 0 Å². The molecule has 15 nitrogen and oxygen atoms in total. The third-order valence-electron chi connectivity index (χ3n) is 10.2. The topological polar surface area (TPSA) is 166 Å². The number of aromatic nitrogens is 5. The number of piperazine rings is 1. The van der Waals surface area contributed by atoms with Gasteiger partial charge in [0.15, 0.2) is 22.6 Å². The zero-order valence-electron chi connectivity index (χ0n) is 27.1. The molecule has 0 spiro atoms. The minimum absolute atomic E-state index is 0.00361. The lowest BCUT2D eigenvalue weighted by molar-refractivity contribution is -0.123. The van der Waals surface area contributed by atoms with Crippen LogP contribution in [0.25, 0.3) is 16.9 Å². The summed E-state index contributed by atoms with van der Waals surface area (Å²) in [6.45, 7) is 4.70. The highest BCUT2D eigenvalue weighted by Gasteiger charge is 2.50. The number of anilines is 1. The first-order valence-electron chi connectivity index (χ1n) is 16.5. The van der Waals surface area contributed by atoms with Crippen LogP contribution < -0.4 is 20.4 Å². The molecule has 9 rings (SSSR count). The molecule has 0 atom stereocenters. The fraction of sp³-hybridized carbons (Fsp3) is 0.515. The first kappa shape index (κ1) is 30.4. The van der Waals surface area contributed by atoms with Crippen LogP contribution in [0.4, 0.5) is 5.69 Å². The maximum absolute atomic E-state index is 14.3. The summed E-state index contributed by atoms with van der Waals surface area (Å²) >= 11 is 0. The summed E-state index contributed by atoms with van der Waals surface area (Å²) in [6.07, 6.45) is 7.22. The van der Waals surface area contributed by atoms with E-state index in [1.165, 1.54) is 16.6 Å². The zero-order chi connectivity index (χ0) is 33.2. The van der Waals surface area contributed by atoms with Crippen molar-refractivity contribution in [3.63, 3.8) is 0 Å². The Labute approximate surface area is 275 Å². The van der Waals surface area contributed by atoms with Crippen molar-refractivity contribution in [1.29, 1.82) is 0 Å². The van der Waals surface area contributed by atoms with E-state index in [0.717, 1.165) is 24.3 Å². The van der Waals surface area contributed by atoms with Gasteiger partial charge in [-0.3, -0.25) is 14.4 Å². The van der Waals surface area contributed by atoms with Gasteiger partial charge in [0.25, 0.3) is 5.91 Å². The second kappa shape index (κ2) is 11.6. The first-order valence-corrected chi connectivity index (χ1v) is 16.5. The van der Waals surface area contributed by atoms with Crippen LogP contribution in [-0.2, 0) is 33.7 Å². The highest BCUT2D eigenvalue weighted by Crippen LogP contribution is 2.51. The predicted molar refractivity (Wildman–Crippen MR) is 173 cm³/mol. The third-order valence-corrected chi connectivity index (χ3v) is 10.2. The molecule has 1 saturated carbocycles. The molecular formula is C33H38N8O7. The van der Waals surface area contributed by atoms with E-state index in [-0.39, 0.29) is 46.3 Å². The molecule has 2 fully saturated rings. The van der Waals surface area contributed by atoms with Gasteiger partial charge in [-0.1, -0.05) is 6.92 Å². The van der Waals surface area contributed by atoms with Crippen molar-refractivity contribution in [1.82, 2.24) is 34.8 Å². The van der Waals surface area contributed by atoms with Crippen molar-refractivity contribution in [3.05, 3.63) is 50.8 Å². The Balaban J connectivity index is 1.10. The van der Waals surface area contributed by atoms with Crippen LogP contribution in [0, 0.1) is 0 Å². The third kappa shape index (κ3) is 4.90. The number of methoxy groups -OCH3 is 1. The van der Waals surface area contributed by atoms with Crippen molar-refractivity contribution < 1.29 is 28.9 Å². The molecule has 6 heterocycles. The summed E-state index contributed by atoms with van der Waals surface area (Å²) in [7, 11) is 1.67. The summed E-state index contributed by atoms with van der Waals surface area (Å²) in [5, 5.41) is 23.4. The minimum atomic E-state index is -0.369. The fourth-order valence-corrected chi connectivity index (χ4v) is 7.75. The summed E-state index contributed by atoms with van der Waals surface area (Å²) in [5.74, 6) is 0.789. The fourth-order valence-electron chi connectivity index (χ4n) is 7.75. The average Bonchev–Trinajstić information content (AvgIpc) is 3.89. The number of aromatic hydroxyl groups is 1. The molecular weight excluding hydrogens is 620 g/mol. The summed E-state index contributed by atoms with van der Waals surface area (Å²) in [4.78, 5) is 50.7. The van der Waals surface area contributed by atoms with Crippen LogP contribution in [0.5, 0.6) is 11.5 Å². The number of nitrogens with one attached hydrogen (secondary N) is 1. The number of ether oxygens (including phenoxy) is 3. The molecule has 252 valence electrons. The zero-order valence-corrected chi connectivity index (χ0v) is 27.1. The van der Waals surface area contributed by atoms with Crippen molar-refractivity contribution >= 4 is 34.4 Å². The number of hydrogen-bond donors (Lipinski definition) is 2. The van der Waals surface area contributed by atoms with Gasteiger partial charge in [-0.2, -0.15) is 4.80 Å². The highest BCUT2D eigenvalue weighted by molar-refractivity contribution is 5.96. The van der Waals surface area contributed by atoms with Crippen molar-refractivity contribution in [2.75, 3.05) is 58.0 Å². The van der Waals surface area contributed by atoms with Crippen molar-refractivity contribution in [2.24, 2.45) is 0 Å². The lowest BCUT2D eigenvalue weighted by Crippen LogP contribution is -2.52. The lowest BCUT2D eigenvalue weighted by Gasteiger charge is -2.38. The number of carbonyl (C=O) groups excluding carboxylic acids is 2. The Bertz CT molecular complexity index is 1960. The van der Waals surface area contributed by atoms with Gasteiger partial charge >= 0.3 is 0 Å². The van der Waals surface area contributed by atoms with E-state index < -0.39 is 0 Å². The molecule has 3 aromatic rings. The summed E-state index contributed by atoms with van der Waals surface area (Å²) in [6, 6.07) is 0. The number of carbonyl (C=O) groups is 2. The second-order valence-electron chi connectivity index (χ2n) is 13.0. The van der Waals surface area contributed by atoms with Crippen LogP contribution in [-0.4, -0.2) is 105 Å². The molecule has 3 aliphatic carbocycles. The van der Waals surface area contributed by atoms with Gasteiger partial charge in [0.05, 0.1) is 50.1 Å². The van der Waals surface area contributed by atoms with Crippen LogP contribution >= 0.6 is 0 Å². The molecule has 0 aromatic carbocycles. The Morgan fingerprint density at radius 2 is 1.92 bits per heavy atom. The van der Waals surface area contributed by atoms with Gasteiger partial charge in [0.2, 0.25) is 11.3 Å². The standard InChI is InChI=1S/C33H38N8O7/c1-3-22-28(38-7-9-39(10-8-38)32(45)27-29(43)21-6-13-48-24(21)17-34-27)30(44)26-31(37-41(36-26)20-4-11-47-12-5-20)40(22)18-25(42)35-33-14-19(15-33)23(16-33)46-2/h4,17,43H,3,5-16,18H2,1-2H3,(H,35,42). The van der Waals surface area contributed by atoms with Gasteiger partial charge in [0, 0.05) is 56.7 Å². The van der Waals surface area contributed by atoms with Gasteiger partial charge in [-0.25, -0.2) is 4.98 Å². The maximum Gasteiger partial charge on any atom is 0.276 e. The number of nitrogens with zero attached hydrogens (tertiary/aromatic N) is 7. The van der Waals surface area contributed by atoms with E-state index in [9.17, 15) is 19.5 Å². The summed E-state index contributed by atoms with van der Waals surface area (Å²) in [5.41, 5.74) is 3.78. The number of hydrogen-bond acceptors (Lipinski definition) is 11. The molecule has 6 aliphatic rings. The van der Waals surface area contributed by atoms with Crippen LogP contribution in [0.15, 0.2) is 28.4 Å². The number of amides is 2. The molecule has 0 unspecified atom stereocenters. The Morgan fingerprint density at radius 3 is 2.62 bits per heavy atom. The monoisotopic (exact) mass is 658 g/mol. The number of pyridine rings is 2. The molecule has 3 aromatic heterocycles. The second-order valence-corrected chi connectivity index (χ2v) is 13.0. The van der Waals surface area contributed by atoms with E-state index in [2.05, 4.69) is 15.4 Å². The van der Waals surface area contributed by atoms with Crippen LogP contribution in [0.3, 0.4) is 0 Å². The lowest BCUT2D eigenvalue weighted by atomic mass is 9.78. The average molecular weight is 659 g/mol. The molecule has 1 saturated heterocycles. The largest absolute Gasteiger partial charge is 0.505 e. The number of fused-ring (bicyclic) bond motifs is 3. The Morgan fingerprint density at radius 1 is 1.10 bits per heavy atom. The van der Waals surface area contributed by atoms with Crippen LogP contribution in [0.1, 0.15) is 54.4 Å². The smallest absolute Gasteiger partial charge is 0.276 e. The van der Waals surface area contributed by atoms with Gasteiger partial charge < -0.3 is 39.0 Å². The molecule has 48 heavy (non-hydrogen) atoms. The molecule has 2 bridgehead atoms. The van der Waals surface area contributed by atoms with Gasteiger partial charge in [0.1, 0.15) is 18.0 Å². The SMILES string of the molecule is CCc1c(N2CCN(C(=O)c3ncc4c(c3O)CCO4)CC2)c(=O)c2nn(C3=CCOCC3)nc2n1CC(=O)NC12CC(=C(OC)C1)C2. The quantitative estimate of drug-likeness (QED) is 0.359. The van der Waals surface area contributed by atoms with Gasteiger partial charge in [-0.15, -0.1) is 10.2 Å². The molecule has 0 radical (unpaired) electrons. The Hall–Kier alpha value is -4.92. The molecule has 15 heteroatoms. The minimum Gasteiger partial charge on any atom is -0.505 e. The van der Waals surface area contributed by atoms with Crippen molar-refractivity contribution in [3.8, 4) is 11.5 Å². The Kier molecular flexibility index (Phi) is 7.38. The van der Waals surface area contributed by atoms with E-state index in [1.807, 2.05) is 22.5 Å². The normalized spacial score (nSPS) is 19.6. The maximum atomic E-state index is 14.3. The van der Waals surface area contributed by atoms with E-state index in [4.69, 9.17) is 19.3 Å². The molecule has 2 amide bonds. The summed E-state index contributed by atoms with van der Waals surface area (Å²) < 4.78 is 18.3. The predicted octanol–water partition coefficient (Wildman–Crippen LogP) is 1.37.